The van der Waals surface area contributed by atoms with Gasteiger partial charge in [-0.1, -0.05) is 0 Å². The van der Waals surface area contributed by atoms with Crippen molar-refractivity contribution in [2.75, 3.05) is 0 Å². The van der Waals surface area contributed by atoms with E-state index in [-0.39, 0.29) is 16.6 Å². The molecule has 104 valence electrons. The summed E-state index contributed by atoms with van der Waals surface area (Å²) in [7, 11) is 0. The fourth-order valence-corrected chi connectivity index (χ4v) is 2.58. The fourth-order valence-electron chi connectivity index (χ4n) is 2.58. The molecule has 0 atom stereocenters. The summed E-state index contributed by atoms with van der Waals surface area (Å²) in [6.45, 7) is 2.05. The van der Waals surface area contributed by atoms with Crippen LogP contribution in [0.4, 0.5) is 4.39 Å². The Kier molecular flexibility index (Phi) is 2.85. The van der Waals surface area contributed by atoms with Crippen LogP contribution in [0.2, 0.25) is 0 Å². The number of nitrogens with zero attached hydrogens (tertiary/aromatic N) is 1. The summed E-state index contributed by atoms with van der Waals surface area (Å²) < 4.78 is 15.0. The molecule has 0 spiro atoms. The second kappa shape index (κ2) is 4.44. The van der Waals surface area contributed by atoms with Gasteiger partial charge < -0.3 is 9.67 Å². The van der Waals surface area contributed by atoms with Gasteiger partial charge in [0.1, 0.15) is 11.5 Å². The van der Waals surface area contributed by atoms with Gasteiger partial charge in [0.05, 0.1) is 5.52 Å². The van der Waals surface area contributed by atoms with Crippen molar-refractivity contribution in [1.82, 2.24) is 4.57 Å². The molecule has 20 heavy (non-hydrogen) atoms. The number of pyridine rings is 1. The van der Waals surface area contributed by atoms with Crippen molar-refractivity contribution in [2.24, 2.45) is 5.92 Å². The van der Waals surface area contributed by atoms with Crippen molar-refractivity contribution in [3.63, 3.8) is 0 Å². The summed E-state index contributed by atoms with van der Waals surface area (Å²) in [5.41, 5.74) is 0.257. The Morgan fingerprint density at radius 3 is 2.75 bits per heavy atom. The Labute approximate surface area is 114 Å². The highest BCUT2D eigenvalue weighted by Crippen LogP contribution is 2.32. The molecule has 0 bridgehead atoms. The van der Waals surface area contributed by atoms with Gasteiger partial charge in [-0.2, -0.15) is 0 Å². The van der Waals surface area contributed by atoms with E-state index >= 15 is 0 Å². The Balaban J connectivity index is 2.40. The van der Waals surface area contributed by atoms with Crippen LogP contribution in [-0.2, 0) is 6.54 Å². The molecule has 1 N–H and O–H groups in total. The number of carboxylic acids is 1. The second-order valence-corrected chi connectivity index (χ2v) is 5.32. The van der Waals surface area contributed by atoms with E-state index in [4.69, 9.17) is 0 Å². The van der Waals surface area contributed by atoms with E-state index in [9.17, 15) is 19.1 Å². The number of hydrogen-bond acceptors (Lipinski definition) is 2. The van der Waals surface area contributed by atoms with E-state index in [0.717, 1.165) is 12.8 Å². The molecule has 0 saturated heterocycles. The predicted molar refractivity (Wildman–Crippen MR) is 72.6 cm³/mol. The third-order valence-electron chi connectivity index (χ3n) is 3.80. The number of benzene rings is 1. The number of fused-ring (bicyclic) bond motifs is 1. The van der Waals surface area contributed by atoms with Crippen LogP contribution in [0.15, 0.2) is 23.0 Å². The van der Waals surface area contributed by atoms with E-state index in [1.54, 1.807) is 4.57 Å². The van der Waals surface area contributed by atoms with Gasteiger partial charge >= 0.3 is 5.97 Å². The molecule has 1 heterocycles. The zero-order valence-corrected chi connectivity index (χ0v) is 11.0. The first-order valence-corrected chi connectivity index (χ1v) is 6.55. The zero-order chi connectivity index (χ0) is 14.4. The highest BCUT2D eigenvalue weighted by atomic mass is 19.1. The van der Waals surface area contributed by atoms with Gasteiger partial charge in [-0.3, -0.25) is 4.79 Å². The number of rotatable bonds is 3. The average Bonchev–Trinajstić information content (AvgIpc) is 3.19. The monoisotopic (exact) mass is 275 g/mol. The smallest absolute Gasteiger partial charge is 0.352 e. The van der Waals surface area contributed by atoms with Crippen LogP contribution in [-0.4, -0.2) is 15.6 Å². The van der Waals surface area contributed by atoms with E-state index in [0.29, 0.717) is 18.0 Å². The van der Waals surface area contributed by atoms with E-state index in [2.05, 4.69) is 0 Å². The quantitative estimate of drug-likeness (QED) is 0.936. The molecule has 1 fully saturated rings. The minimum atomic E-state index is -1.12. The predicted octanol–water partition coefficient (Wildman–Crippen LogP) is 2.56. The molecule has 0 radical (unpaired) electrons. The number of carboxylic acid groups (broad SMARTS) is 1. The first-order valence-electron chi connectivity index (χ1n) is 6.55. The number of aromatic nitrogens is 1. The van der Waals surface area contributed by atoms with Crippen LogP contribution >= 0.6 is 0 Å². The summed E-state index contributed by atoms with van der Waals surface area (Å²) in [5.74, 6) is -1.16. The number of aromatic carboxylic acids is 1. The van der Waals surface area contributed by atoms with Crippen LogP contribution in [0.25, 0.3) is 10.9 Å². The Morgan fingerprint density at radius 2 is 2.15 bits per heavy atom. The van der Waals surface area contributed by atoms with Crippen molar-refractivity contribution in [1.29, 1.82) is 0 Å². The largest absolute Gasteiger partial charge is 0.477 e. The first-order chi connectivity index (χ1) is 9.49. The molecule has 1 aliphatic rings. The minimum Gasteiger partial charge on any atom is -0.477 e. The molecule has 4 nitrogen and oxygen atoms in total. The molecule has 3 rings (SSSR count). The topological polar surface area (TPSA) is 59.3 Å². The van der Waals surface area contributed by atoms with Crippen LogP contribution < -0.4 is 5.43 Å². The summed E-state index contributed by atoms with van der Waals surface area (Å²) in [4.78, 5) is 23.7. The van der Waals surface area contributed by atoms with Crippen LogP contribution in [0, 0.1) is 18.7 Å². The molecular formula is C15H14FNO3. The highest BCUT2D eigenvalue weighted by Gasteiger charge is 2.26. The summed E-state index contributed by atoms with van der Waals surface area (Å²) in [6.07, 6.45) is 2.12. The van der Waals surface area contributed by atoms with Gasteiger partial charge in [0.2, 0.25) is 0 Å². The summed E-state index contributed by atoms with van der Waals surface area (Å²) >= 11 is 0. The van der Waals surface area contributed by atoms with E-state index < -0.39 is 17.2 Å². The van der Waals surface area contributed by atoms with Crippen molar-refractivity contribution in [3.8, 4) is 0 Å². The van der Waals surface area contributed by atoms with Crippen molar-refractivity contribution in [3.05, 3.63) is 45.5 Å². The lowest BCUT2D eigenvalue weighted by molar-refractivity contribution is 0.0683. The third-order valence-corrected chi connectivity index (χ3v) is 3.80. The van der Waals surface area contributed by atoms with Gasteiger partial charge in [-0.25, -0.2) is 9.18 Å². The highest BCUT2D eigenvalue weighted by molar-refractivity contribution is 5.92. The second-order valence-electron chi connectivity index (χ2n) is 5.32. The van der Waals surface area contributed by atoms with Gasteiger partial charge in [-0.05, 0) is 43.9 Å². The summed E-state index contributed by atoms with van der Waals surface area (Å²) in [5, 5.41) is 9.63. The van der Waals surface area contributed by atoms with Crippen LogP contribution in [0.5, 0.6) is 0 Å². The normalized spacial score (nSPS) is 14.7. The molecule has 2 aromatic rings. The van der Waals surface area contributed by atoms with Crippen molar-refractivity contribution < 1.29 is 14.3 Å². The minimum absolute atomic E-state index is 0.0148. The zero-order valence-electron chi connectivity index (χ0n) is 11.0. The fraction of sp³-hybridized carbons (Fsp3) is 0.333. The van der Waals surface area contributed by atoms with E-state index in [1.807, 2.05) is 0 Å². The van der Waals surface area contributed by atoms with Crippen LogP contribution in [0.3, 0.4) is 0 Å². The van der Waals surface area contributed by atoms with Crippen molar-refractivity contribution >= 4 is 16.9 Å². The van der Waals surface area contributed by atoms with Gasteiger partial charge in [-0.15, -0.1) is 0 Å². The Hall–Kier alpha value is -2.17. The molecule has 0 unspecified atom stereocenters. The molecule has 5 heteroatoms. The molecule has 1 saturated carbocycles. The van der Waals surface area contributed by atoms with Gasteiger partial charge in [0, 0.05) is 17.5 Å². The summed E-state index contributed by atoms with van der Waals surface area (Å²) in [6, 6.07) is 3.92. The molecule has 1 aliphatic carbocycles. The lowest BCUT2D eigenvalue weighted by Gasteiger charge is -2.16. The van der Waals surface area contributed by atoms with Gasteiger partial charge in [0.15, 0.2) is 5.43 Å². The third kappa shape index (κ3) is 1.99. The lowest BCUT2D eigenvalue weighted by atomic mass is 10.1. The first kappa shape index (κ1) is 12.8. The van der Waals surface area contributed by atoms with Crippen molar-refractivity contribution in [2.45, 2.75) is 26.3 Å². The Bertz CT molecular complexity index is 775. The molecule has 1 aromatic heterocycles. The standard InChI is InChI=1S/C15H14FNO3/c1-8-13(15(19)20)17(7-9-2-3-9)12-5-4-10(16)6-11(12)14(8)18/h4-6,9H,2-3,7H2,1H3,(H,19,20). The average molecular weight is 275 g/mol. The number of hydrogen-bond donors (Lipinski definition) is 1. The number of halogens is 1. The Morgan fingerprint density at radius 1 is 1.45 bits per heavy atom. The SMILES string of the molecule is Cc1c(C(=O)O)n(CC2CC2)c2ccc(F)cc2c1=O. The van der Waals surface area contributed by atoms with E-state index in [1.165, 1.54) is 25.1 Å². The maximum atomic E-state index is 13.3. The van der Waals surface area contributed by atoms with Crippen LogP contribution in [0.1, 0.15) is 28.9 Å². The molecule has 1 aromatic carbocycles. The molecular weight excluding hydrogens is 261 g/mol. The number of carbonyl (C=O) groups is 1. The maximum absolute atomic E-state index is 13.3. The molecule has 0 aliphatic heterocycles. The lowest BCUT2D eigenvalue weighted by Crippen LogP contribution is -2.23. The van der Waals surface area contributed by atoms with Gasteiger partial charge in [0.25, 0.3) is 0 Å². The maximum Gasteiger partial charge on any atom is 0.352 e. The molecule has 0 amide bonds.